The zero-order chi connectivity index (χ0) is 29.7. The highest BCUT2D eigenvalue weighted by molar-refractivity contribution is 6.30. The SMILES string of the molecule is CCOC(=O)C(C)(C)Oc1ccc2c(c1)[C@H](NC(=O)CCc1ccc(Cl)cc1)C[C@H](C)N2C(=O)c1ccc(F)cc1. The van der Waals surface area contributed by atoms with Gasteiger partial charge in [-0.25, -0.2) is 9.18 Å². The van der Waals surface area contributed by atoms with Crippen LogP contribution in [0.3, 0.4) is 0 Å². The predicted molar refractivity (Wildman–Crippen MR) is 156 cm³/mol. The van der Waals surface area contributed by atoms with E-state index >= 15 is 0 Å². The number of rotatable bonds is 9. The third kappa shape index (κ3) is 7.24. The van der Waals surface area contributed by atoms with E-state index in [1.54, 1.807) is 56.0 Å². The van der Waals surface area contributed by atoms with Crippen LogP contribution in [0.25, 0.3) is 0 Å². The molecule has 1 N–H and O–H groups in total. The van der Waals surface area contributed by atoms with Gasteiger partial charge in [0.1, 0.15) is 11.6 Å². The second-order valence-electron chi connectivity index (χ2n) is 10.6. The predicted octanol–water partition coefficient (Wildman–Crippen LogP) is 6.43. The highest BCUT2D eigenvalue weighted by atomic mass is 35.5. The van der Waals surface area contributed by atoms with E-state index < -0.39 is 23.4 Å². The van der Waals surface area contributed by atoms with Gasteiger partial charge < -0.3 is 19.7 Å². The van der Waals surface area contributed by atoms with Crippen molar-refractivity contribution in [2.24, 2.45) is 0 Å². The van der Waals surface area contributed by atoms with E-state index in [2.05, 4.69) is 5.32 Å². The number of fused-ring (bicyclic) bond motifs is 1. The van der Waals surface area contributed by atoms with Crippen LogP contribution in [0.1, 0.15) is 68.1 Å². The Balaban J connectivity index is 1.63. The van der Waals surface area contributed by atoms with Crippen LogP contribution in [0, 0.1) is 5.82 Å². The quantitative estimate of drug-likeness (QED) is 0.295. The summed E-state index contributed by atoms with van der Waals surface area (Å²) < 4.78 is 24.7. The molecule has 0 bridgehead atoms. The van der Waals surface area contributed by atoms with Gasteiger partial charge in [0.05, 0.1) is 12.6 Å². The summed E-state index contributed by atoms with van der Waals surface area (Å²) in [4.78, 5) is 40.8. The first-order valence-corrected chi connectivity index (χ1v) is 14.0. The van der Waals surface area contributed by atoms with Crippen LogP contribution in [-0.4, -0.2) is 36.0 Å². The van der Waals surface area contributed by atoms with E-state index in [9.17, 15) is 18.8 Å². The lowest BCUT2D eigenvalue weighted by Crippen LogP contribution is -2.46. The van der Waals surface area contributed by atoms with Crippen molar-refractivity contribution in [2.45, 2.75) is 64.6 Å². The monoisotopic (exact) mass is 580 g/mol. The van der Waals surface area contributed by atoms with Crippen LogP contribution in [0.5, 0.6) is 5.75 Å². The number of carbonyl (C=O) groups is 3. The van der Waals surface area contributed by atoms with Crippen molar-refractivity contribution in [3.05, 3.63) is 94.3 Å². The Morgan fingerprint density at radius 2 is 1.73 bits per heavy atom. The molecule has 1 aliphatic heterocycles. The molecule has 1 heterocycles. The average molecular weight is 581 g/mol. The third-order valence-electron chi connectivity index (χ3n) is 6.99. The highest BCUT2D eigenvalue weighted by Crippen LogP contribution is 2.40. The van der Waals surface area contributed by atoms with Crippen molar-refractivity contribution in [3.8, 4) is 5.75 Å². The van der Waals surface area contributed by atoms with Gasteiger partial charge in [-0.15, -0.1) is 0 Å². The Kier molecular flexibility index (Phi) is 9.33. The number of hydrogen-bond donors (Lipinski definition) is 1. The van der Waals surface area contributed by atoms with Gasteiger partial charge in [0.25, 0.3) is 5.91 Å². The van der Waals surface area contributed by atoms with Crippen LogP contribution in [0.4, 0.5) is 10.1 Å². The van der Waals surface area contributed by atoms with Gasteiger partial charge in [0, 0.05) is 34.3 Å². The van der Waals surface area contributed by atoms with Crippen LogP contribution in [0.15, 0.2) is 66.7 Å². The Morgan fingerprint density at radius 3 is 2.39 bits per heavy atom. The molecule has 3 aromatic carbocycles. The molecule has 2 atom stereocenters. The fourth-order valence-corrected chi connectivity index (χ4v) is 5.03. The van der Waals surface area contributed by atoms with E-state index in [1.165, 1.54) is 24.3 Å². The molecule has 41 heavy (non-hydrogen) atoms. The Morgan fingerprint density at radius 1 is 1.05 bits per heavy atom. The maximum absolute atomic E-state index is 13.6. The minimum absolute atomic E-state index is 0.139. The van der Waals surface area contributed by atoms with Crippen molar-refractivity contribution in [3.63, 3.8) is 0 Å². The molecule has 0 fully saturated rings. The number of esters is 1. The highest BCUT2D eigenvalue weighted by Gasteiger charge is 2.37. The molecule has 216 valence electrons. The van der Waals surface area contributed by atoms with Crippen molar-refractivity contribution >= 4 is 35.1 Å². The number of ether oxygens (including phenoxy) is 2. The molecule has 0 aromatic heterocycles. The summed E-state index contributed by atoms with van der Waals surface area (Å²) in [5, 5.41) is 3.76. The first-order chi connectivity index (χ1) is 19.5. The van der Waals surface area contributed by atoms with Gasteiger partial charge in [-0.05, 0) is 101 Å². The van der Waals surface area contributed by atoms with E-state index in [0.29, 0.717) is 40.4 Å². The third-order valence-corrected chi connectivity index (χ3v) is 7.24. The first-order valence-electron chi connectivity index (χ1n) is 13.6. The van der Waals surface area contributed by atoms with Crippen LogP contribution in [0.2, 0.25) is 5.02 Å². The number of hydrogen-bond acceptors (Lipinski definition) is 5. The molecular formula is C32H34ClFN2O5. The van der Waals surface area contributed by atoms with Crippen molar-refractivity contribution in [1.82, 2.24) is 5.32 Å². The Bertz CT molecular complexity index is 1410. The number of benzene rings is 3. The number of halogens is 2. The number of aryl methyl sites for hydroxylation is 1. The molecule has 0 unspecified atom stereocenters. The average Bonchev–Trinajstić information content (AvgIpc) is 2.93. The zero-order valence-corrected chi connectivity index (χ0v) is 24.3. The van der Waals surface area contributed by atoms with E-state index in [1.807, 2.05) is 19.1 Å². The van der Waals surface area contributed by atoms with Gasteiger partial charge in [-0.3, -0.25) is 9.59 Å². The van der Waals surface area contributed by atoms with Gasteiger partial charge in [-0.2, -0.15) is 0 Å². The summed E-state index contributed by atoms with van der Waals surface area (Å²) in [6.07, 6.45) is 1.26. The first kappa shape index (κ1) is 30.1. The number of amides is 2. The fraction of sp³-hybridized carbons (Fsp3) is 0.344. The van der Waals surface area contributed by atoms with Gasteiger partial charge in [0.2, 0.25) is 5.91 Å². The fourth-order valence-electron chi connectivity index (χ4n) is 4.90. The minimum atomic E-state index is -1.26. The summed E-state index contributed by atoms with van der Waals surface area (Å²) in [5.74, 6) is -0.968. The topological polar surface area (TPSA) is 84.9 Å². The standard InChI is InChI=1S/C32H34ClFN2O5/c1-5-40-31(39)32(3,4)41-25-15-16-28-26(19-25)27(35-29(37)17-8-21-6-11-23(33)12-7-21)18-20(2)36(28)30(38)22-9-13-24(34)14-10-22/h6-7,9-16,19-20,27H,5,8,17-18H2,1-4H3,(H,35,37)/t20-,27+/m0/s1. The maximum atomic E-state index is 13.6. The van der Waals surface area contributed by atoms with E-state index in [0.717, 1.165) is 5.56 Å². The van der Waals surface area contributed by atoms with Gasteiger partial charge in [-0.1, -0.05) is 23.7 Å². The van der Waals surface area contributed by atoms with E-state index in [-0.39, 0.29) is 30.9 Å². The molecular weight excluding hydrogens is 547 g/mol. The lowest BCUT2D eigenvalue weighted by Gasteiger charge is -2.40. The summed E-state index contributed by atoms with van der Waals surface area (Å²) >= 11 is 5.97. The van der Waals surface area contributed by atoms with Crippen LogP contribution in [-0.2, 0) is 20.7 Å². The smallest absolute Gasteiger partial charge is 0.349 e. The second-order valence-corrected chi connectivity index (χ2v) is 11.0. The molecule has 7 nitrogen and oxygen atoms in total. The Labute approximate surface area is 244 Å². The van der Waals surface area contributed by atoms with Crippen LogP contribution >= 0.6 is 11.6 Å². The van der Waals surface area contributed by atoms with Crippen LogP contribution < -0.4 is 15.0 Å². The van der Waals surface area contributed by atoms with Crippen molar-refractivity contribution in [2.75, 3.05) is 11.5 Å². The van der Waals surface area contributed by atoms with Crippen molar-refractivity contribution < 1.29 is 28.2 Å². The molecule has 0 spiro atoms. The van der Waals surface area contributed by atoms with Gasteiger partial charge in [0.15, 0.2) is 5.60 Å². The summed E-state index contributed by atoms with van der Waals surface area (Å²) in [7, 11) is 0. The van der Waals surface area contributed by atoms with Crippen molar-refractivity contribution in [1.29, 1.82) is 0 Å². The molecule has 0 saturated carbocycles. The zero-order valence-electron chi connectivity index (χ0n) is 23.6. The maximum Gasteiger partial charge on any atom is 0.349 e. The number of nitrogens with zero attached hydrogens (tertiary/aromatic N) is 1. The molecule has 9 heteroatoms. The lowest BCUT2D eigenvalue weighted by atomic mass is 9.90. The summed E-state index contributed by atoms with van der Waals surface area (Å²) in [5.41, 5.74) is 1.36. The molecule has 0 radical (unpaired) electrons. The molecule has 0 aliphatic carbocycles. The number of carbonyl (C=O) groups excluding carboxylic acids is 3. The lowest BCUT2D eigenvalue weighted by molar-refractivity contribution is -0.158. The molecule has 4 rings (SSSR count). The summed E-state index contributed by atoms with van der Waals surface area (Å²) in [6.45, 7) is 7.09. The Hall–Kier alpha value is -3.91. The minimum Gasteiger partial charge on any atom is -0.476 e. The molecule has 0 saturated heterocycles. The van der Waals surface area contributed by atoms with E-state index in [4.69, 9.17) is 21.1 Å². The molecule has 1 aliphatic rings. The number of anilines is 1. The number of nitrogens with one attached hydrogen (secondary N) is 1. The molecule has 3 aromatic rings. The van der Waals surface area contributed by atoms with Gasteiger partial charge >= 0.3 is 5.97 Å². The molecule has 2 amide bonds. The summed E-state index contributed by atoms with van der Waals surface area (Å²) in [6, 6.07) is 17.3. The largest absolute Gasteiger partial charge is 0.476 e. The second kappa shape index (κ2) is 12.7. The normalized spacial score (nSPS) is 16.5.